The number of nitrogens with zero attached hydrogens (tertiary/aromatic N) is 2. The van der Waals surface area contributed by atoms with Crippen LogP contribution in [0.15, 0.2) is 18.2 Å². The largest absolute Gasteiger partial charge is 0.394 e. The second-order valence-corrected chi connectivity index (χ2v) is 4.62. The molecule has 1 rings (SSSR count). The van der Waals surface area contributed by atoms with Gasteiger partial charge in [-0.25, -0.2) is 0 Å². The predicted octanol–water partition coefficient (Wildman–Crippen LogP) is 1.48. The standard InChI is InChI=1S/C13H19N3O4/c1-4-10(8-17)14-11-6-5-9(13(18)15(2)3)7-12(11)16(19)20/h5-7,10,14,17H,4,8H2,1-3H3. The second kappa shape index (κ2) is 6.85. The van der Waals surface area contributed by atoms with Crippen LogP contribution in [0.4, 0.5) is 11.4 Å². The highest BCUT2D eigenvalue weighted by molar-refractivity contribution is 5.95. The van der Waals surface area contributed by atoms with Crippen molar-refractivity contribution in [2.24, 2.45) is 0 Å². The summed E-state index contributed by atoms with van der Waals surface area (Å²) < 4.78 is 0. The molecular weight excluding hydrogens is 262 g/mol. The van der Waals surface area contributed by atoms with Crippen LogP contribution in [-0.4, -0.2) is 47.6 Å². The number of aliphatic hydroxyl groups excluding tert-OH is 1. The van der Waals surface area contributed by atoms with Crippen molar-refractivity contribution in [3.63, 3.8) is 0 Å². The predicted molar refractivity (Wildman–Crippen MR) is 75.9 cm³/mol. The summed E-state index contributed by atoms with van der Waals surface area (Å²) in [6, 6.07) is 4.01. The Labute approximate surface area is 117 Å². The molecule has 1 aromatic carbocycles. The third-order valence-corrected chi connectivity index (χ3v) is 2.92. The molecule has 1 aromatic rings. The molecule has 7 heteroatoms. The number of benzene rings is 1. The van der Waals surface area contributed by atoms with Crippen LogP contribution < -0.4 is 5.32 Å². The van der Waals surface area contributed by atoms with Gasteiger partial charge in [0.1, 0.15) is 5.69 Å². The zero-order valence-electron chi connectivity index (χ0n) is 11.8. The Balaban J connectivity index is 3.14. The number of hydrogen-bond acceptors (Lipinski definition) is 5. The van der Waals surface area contributed by atoms with Crippen molar-refractivity contribution in [2.45, 2.75) is 19.4 Å². The first-order chi connectivity index (χ1) is 9.40. The summed E-state index contributed by atoms with van der Waals surface area (Å²) in [6.07, 6.45) is 0.631. The Morgan fingerprint density at radius 1 is 1.50 bits per heavy atom. The molecule has 0 radical (unpaired) electrons. The molecule has 0 heterocycles. The lowest BCUT2D eigenvalue weighted by Crippen LogP contribution is -2.24. The maximum atomic E-state index is 11.8. The summed E-state index contributed by atoms with van der Waals surface area (Å²) in [5.41, 5.74) is 0.375. The Hall–Kier alpha value is -2.15. The van der Waals surface area contributed by atoms with E-state index < -0.39 is 4.92 Å². The van der Waals surface area contributed by atoms with Crippen LogP contribution in [0.1, 0.15) is 23.7 Å². The molecule has 0 aromatic heterocycles. The summed E-state index contributed by atoms with van der Waals surface area (Å²) in [4.78, 5) is 23.7. The first-order valence-corrected chi connectivity index (χ1v) is 6.28. The van der Waals surface area contributed by atoms with Crippen molar-refractivity contribution in [2.75, 3.05) is 26.0 Å². The van der Waals surface area contributed by atoms with Crippen LogP contribution in [-0.2, 0) is 0 Å². The number of nitro benzene ring substituents is 1. The molecule has 20 heavy (non-hydrogen) atoms. The number of carbonyl (C=O) groups is 1. The highest BCUT2D eigenvalue weighted by atomic mass is 16.6. The molecule has 1 amide bonds. The van der Waals surface area contributed by atoms with E-state index in [0.29, 0.717) is 12.1 Å². The Bertz CT molecular complexity index is 498. The Kier molecular flexibility index (Phi) is 5.45. The SMILES string of the molecule is CCC(CO)Nc1ccc(C(=O)N(C)C)cc1[N+](=O)[O-]. The minimum absolute atomic E-state index is 0.119. The minimum Gasteiger partial charge on any atom is -0.394 e. The molecule has 2 N–H and O–H groups in total. The van der Waals surface area contributed by atoms with Crippen molar-refractivity contribution in [1.29, 1.82) is 0 Å². The lowest BCUT2D eigenvalue weighted by molar-refractivity contribution is -0.384. The average Bonchev–Trinajstić information content (AvgIpc) is 2.43. The van der Waals surface area contributed by atoms with Crippen molar-refractivity contribution in [1.82, 2.24) is 4.90 Å². The normalized spacial score (nSPS) is 11.8. The molecule has 0 aliphatic rings. The van der Waals surface area contributed by atoms with Gasteiger partial charge in [0.25, 0.3) is 11.6 Å². The van der Waals surface area contributed by atoms with Crippen molar-refractivity contribution in [3.8, 4) is 0 Å². The van der Waals surface area contributed by atoms with E-state index in [1.807, 2.05) is 6.92 Å². The number of nitrogens with one attached hydrogen (secondary N) is 1. The molecule has 0 aliphatic heterocycles. The molecule has 0 aliphatic carbocycles. The van der Waals surface area contributed by atoms with Gasteiger partial charge in [-0.1, -0.05) is 6.92 Å². The van der Waals surface area contributed by atoms with Crippen LogP contribution in [0, 0.1) is 10.1 Å². The molecular formula is C13H19N3O4. The zero-order chi connectivity index (χ0) is 15.3. The van der Waals surface area contributed by atoms with Crippen LogP contribution >= 0.6 is 0 Å². The first kappa shape index (κ1) is 15.9. The third-order valence-electron chi connectivity index (χ3n) is 2.92. The number of nitro groups is 1. The number of amides is 1. The van der Waals surface area contributed by atoms with Crippen molar-refractivity contribution >= 4 is 17.3 Å². The molecule has 1 unspecified atom stereocenters. The smallest absolute Gasteiger partial charge is 0.293 e. The highest BCUT2D eigenvalue weighted by Crippen LogP contribution is 2.27. The summed E-state index contributed by atoms with van der Waals surface area (Å²) in [7, 11) is 3.17. The van der Waals surface area contributed by atoms with Gasteiger partial charge >= 0.3 is 0 Å². The zero-order valence-corrected chi connectivity index (χ0v) is 11.8. The molecule has 0 fully saturated rings. The van der Waals surface area contributed by atoms with Gasteiger partial charge in [0, 0.05) is 31.8 Å². The molecule has 0 spiro atoms. The van der Waals surface area contributed by atoms with Gasteiger partial charge in [-0.2, -0.15) is 0 Å². The summed E-state index contributed by atoms with van der Waals surface area (Å²) in [5.74, 6) is -0.297. The topological polar surface area (TPSA) is 95.7 Å². The Morgan fingerprint density at radius 3 is 2.60 bits per heavy atom. The summed E-state index contributed by atoms with van der Waals surface area (Å²) in [6.45, 7) is 1.75. The van der Waals surface area contributed by atoms with E-state index in [2.05, 4.69) is 5.32 Å². The quantitative estimate of drug-likeness (QED) is 0.608. The van der Waals surface area contributed by atoms with E-state index in [1.165, 1.54) is 23.1 Å². The molecule has 110 valence electrons. The molecule has 0 saturated carbocycles. The first-order valence-electron chi connectivity index (χ1n) is 6.28. The van der Waals surface area contributed by atoms with Gasteiger partial charge in [0.2, 0.25) is 0 Å². The number of aliphatic hydroxyl groups is 1. The summed E-state index contributed by atoms with van der Waals surface area (Å²) in [5, 5.41) is 23.1. The lowest BCUT2D eigenvalue weighted by Gasteiger charge is -2.16. The Morgan fingerprint density at radius 2 is 2.15 bits per heavy atom. The van der Waals surface area contributed by atoms with Gasteiger partial charge in [-0.15, -0.1) is 0 Å². The van der Waals surface area contributed by atoms with E-state index in [0.717, 1.165) is 0 Å². The fraction of sp³-hybridized carbons (Fsp3) is 0.462. The van der Waals surface area contributed by atoms with Gasteiger partial charge in [0.15, 0.2) is 0 Å². The van der Waals surface area contributed by atoms with Crippen molar-refractivity contribution in [3.05, 3.63) is 33.9 Å². The molecule has 7 nitrogen and oxygen atoms in total. The highest BCUT2D eigenvalue weighted by Gasteiger charge is 2.19. The minimum atomic E-state index is -0.543. The van der Waals surface area contributed by atoms with Gasteiger partial charge in [-0.05, 0) is 18.6 Å². The van der Waals surface area contributed by atoms with E-state index in [-0.39, 0.29) is 29.8 Å². The fourth-order valence-corrected chi connectivity index (χ4v) is 1.69. The molecule has 0 saturated heterocycles. The third kappa shape index (κ3) is 3.67. The fourth-order valence-electron chi connectivity index (χ4n) is 1.69. The second-order valence-electron chi connectivity index (χ2n) is 4.62. The number of carbonyl (C=O) groups excluding carboxylic acids is 1. The average molecular weight is 281 g/mol. The lowest BCUT2D eigenvalue weighted by atomic mass is 10.1. The van der Waals surface area contributed by atoms with Crippen LogP contribution in [0.25, 0.3) is 0 Å². The van der Waals surface area contributed by atoms with E-state index in [1.54, 1.807) is 14.1 Å². The molecule has 1 atom stereocenters. The number of hydrogen-bond donors (Lipinski definition) is 2. The molecule has 0 bridgehead atoms. The number of anilines is 1. The maximum Gasteiger partial charge on any atom is 0.293 e. The van der Waals surface area contributed by atoms with Gasteiger partial charge < -0.3 is 15.3 Å². The van der Waals surface area contributed by atoms with Crippen LogP contribution in [0.3, 0.4) is 0 Å². The van der Waals surface area contributed by atoms with E-state index in [4.69, 9.17) is 5.11 Å². The maximum absolute atomic E-state index is 11.8. The number of rotatable bonds is 6. The van der Waals surface area contributed by atoms with Gasteiger partial charge in [-0.3, -0.25) is 14.9 Å². The van der Waals surface area contributed by atoms with E-state index in [9.17, 15) is 14.9 Å². The van der Waals surface area contributed by atoms with Crippen LogP contribution in [0.5, 0.6) is 0 Å². The monoisotopic (exact) mass is 281 g/mol. The van der Waals surface area contributed by atoms with E-state index >= 15 is 0 Å². The van der Waals surface area contributed by atoms with Gasteiger partial charge in [0.05, 0.1) is 11.5 Å². The summed E-state index contributed by atoms with van der Waals surface area (Å²) >= 11 is 0. The van der Waals surface area contributed by atoms with Crippen LogP contribution in [0.2, 0.25) is 0 Å². The van der Waals surface area contributed by atoms with Crippen molar-refractivity contribution < 1.29 is 14.8 Å².